The third kappa shape index (κ3) is 4.48. The van der Waals surface area contributed by atoms with Gasteiger partial charge in [0, 0.05) is 11.7 Å². The van der Waals surface area contributed by atoms with Gasteiger partial charge in [-0.3, -0.25) is 4.79 Å². The third-order valence-electron chi connectivity index (χ3n) is 4.95. The molecule has 152 valence electrons. The Morgan fingerprint density at radius 3 is 2.62 bits per heavy atom. The molecule has 2 aliphatic heterocycles. The minimum Gasteiger partial charge on any atom is -0.314 e. The summed E-state index contributed by atoms with van der Waals surface area (Å²) in [5, 5.41) is 0.991. The second-order valence-corrected chi connectivity index (χ2v) is 11.2. The first-order chi connectivity index (χ1) is 13.8. The first-order valence-corrected chi connectivity index (χ1v) is 12.6. The van der Waals surface area contributed by atoms with E-state index in [1.807, 2.05) is 30.3 Å². The highest BCUT2D eigenvalue weighted by Crippen LogP contribution is 2.44. The summed E-state index contributed by atoms with van der Waals surface area (Å²) in [4.78, 5) is 18.6. The van der Waals surface area contributed by atoms with Crippen LogP contribution < -0.4 is 4.90 Å². The molecule has 0 unspecified atom stereocenters. The van der Waals surface area contributed by atoms with E-state index in [0.717, 1.165) is 5.56 Å². The number of benzene rings is 2. The standard InChI is InChI=1S/C20H18Cl2N2O3S2/c21-14-7-4-8-15(19(14)22)24-16-11-29(26,27)12-17(16)28-20(24)23-18(25)10-9-13-5-2-1-3-6-13/h1-8,16-17H,9-12H2/t16-,17-/m1/s1. The Morgan fingerprint density at radius 1 is 1.10 bits per heavy atom. The van der Waals surface area contributed by atoms with Gasteiger partial charge in [0.25, 0.3) is 0 Å². The number of aryl methyl sites for hydroxylation is 1. The molecule has 0 aliphatic carbocycles. The van der Waals surface area contributed by atoms with Crippen LogP contribution in [-0.4, -0.2) is 42.3 Å². The second kappa shape index (κ2) is 8.30. The van der Waals surface area contributed by atoms with Crippen LogP contribution in [0.5, 0.6) is 0 Å². The molecule has 5 nitrogen and oxygen atoms in total. The first-order valence-electron chi connectivity index (χ1n) is 9.10. The number of aliphatic imine (C=N–C) groups is 1. The van der Waals surface area contributed by atoms with Gasteiger partial charge < -0.3 is 4.90 Å². The number of thioether (sulfide) groups is 1. The zero-order chi connectivity index (χ0) is 20.6. The average molecular weight is 469 g/mol. The van der Waals surface area contributed by atoms with Crippen LogP contribution in [0.3, 0.4) is 0 Å². The van der Waals surface area contributed by atoms with E-state index in [4.69, 9.17) is 23.2 Å². The molecule has 0 aromatic heterocycles. The van der Waals surface area contributed by atoms with Gasteiger partial charge in [0.2, 0.25) is 5.91 Å². The maximum atomic E-state index is 12.5. The van der Waals surface area contributed by atoms with E-state index < -0.39 is 9.84 Å². The number of carbonyl (C=O) groups excluding carboxylic acids is 1. The van der Waals surface area contributed by atoms with Crippen LogP contribution in [0.2, 0.25) is 10.0 Å². The van der Waals surface area contributed by atoms with Crippen molar-refractivity contribution in [2.75, 3.05) is 16.4 Å². The molecule has 29 heavy (non-hydrogen) atoms. The van der Waals surface area contributed by atoms with Crippen molar-refractivity contribution in [2.45, 2.75) is 24.1 Å². The lowest BCUT2D eigenvalue weighted by molar-refractivity contribution is -0.117. The number of carbonyl (C=O) groups is 1. The molecule has 0 bridgehead atoms. The lowest BCUT2D eigenvalue weighted by Crippen LogP contribution is -2.38. The van der Waals surface area contributed by atoms with Crippen LogP contribution in [0, 0.1) is 0 Å². The highest BCUT2D eigenvalue weighted by atomic mass is 35.5. The van der Waals surface area contributed by atoms with Gasteiger partial charge in [-0.05, 0) is 24.1 Å². The van der Waals surface area contributed by atoms with Gasteiger partial charge >= 0.3 is 0 Å². The van der Waals surface area contributed by atoms with Crippen molar-refractivity contribution in [1.29, 1.82) is 0 Å². The fourth-order valence-corrected chi connectivity index (χ4v) is 7.89. The van der Waals surface area contributed by atoms with Crippen molar-refractivity contribution in [1.82, 2.24) is 0 Å². The molecule has 2 aromatic rings. The summed E-state index contributed by atoms with van der Waals surface area (Å²) >= 11 is 13.9. The van der Waals surface area contributed by atoms with Gasteiger partial charge in [-0.25, -0.2) is 8.42 Å². The van der Waals surface area contributed by atoms with Crippen LogP contribution in [0.1, 0.15) is 12.0 Å². The number of halogens is 2. The Morgan fingerprint density at radius 2 is 1.86 bits per heavy atom. The predicted octanol–water partition coefficient (Wildman–Crippen LogP) is 4.23. The number of sulfone groups is 1. The van der Waals surface area contributed by atoms with Crippen LogP contribution >= 0.6 is 35.0 Å². The highest BCUT2D eigenvalue weighted by molar-refractivity contribution is 8.16. The van der Waals surface area contributed by atoms with E-state index in [1.165, 1.54) is 11.8 Å². The van der Waals surface area contributed by atoms with Crippen molar-refractivity contribution < 1.29 is 13.2 Å². The number of hydrogen-bond donors (Lipinski definition) is 0. The van der Waals surface area contributed by atoms with Gasteiger partial charge in [0.15, 0.2) is 15.0 Å². The molecule has 2 heterocycles. The second-order valence-electron chi connectivity index (χ2n) is 7.02. The van der Waals surface area contributed by atoms with Crippen LogP contribution in [0.4, 0.5) is 5.69 Å². The molecular weight excluding hydrogens is 451 g/mol. The van der Waals surface area contributed by atoms with E-state index in [0.29, 0.717) is 27.3 Å². The maximum absolute atomic E-state index is 12.5. The topological polar surface area (TPSA) is 66.8 Å². The molecule has 2 atom stereocenters. The number of amidine groups is 1. The van der Waals surface area contributed by atoms with Crippen molar-refractivity contribution in [3.8, 4) is 0 Å². The van der Waals surface area contributed by atoms with E-state index in [9.17, 15) is 13.2 Å². The Kier molecular flexibility index (Phi) is 5.93. The average Bonchev–Trinajstić information content (AvgIpc) is 3.14. The number of anilines is 1. The summed E-state index contributed by atoms with van der Waals surface area (Å²) in [5.74, 6) is -0.179. The molecule has 0 saturated carbocycles. The summed E-state index contributed by atoms with van der Waals surface area (Å²) in [6, 6.07) is 14.6. The number of hydrogen-bond acceptors (Lipinski definition) is 4. The lowest BCUT2D eigenvalue weighted by atomic mass is 10.1. The van der Waals surface area contributed by atoms with Gasteiger partial charge in [0.05, 0.1) is 33.3 Å². The number of nitrogens with zero attached hydrogens (tertiary/aromatic N) is 2. The van der Waals surface area contributed by atoms with Crippen molar-refractivity contribution in [3.05, 3.63) is 64.1 Å². The molecule has 2 aromatic carbocycles. The molecule has 2 saturated heterocycles. The SMILES string of the molecule is O=C(CCc1ccccc1)N=C1S[C@@H]2CS(=O)(=O)C[C@H]2N1c1cccc(Cl)c1Cl. The molecule has 9 heteroatoms. The van der Waals surface area contributed by atoms with Crippen molar-refractivity contribution in [3.63, 3.8) is 0 Å². The summed E-state index contributed by atoms with van der Waals surface area (Å²) < 4.78 is 24.3. The molecule has 1 amide bonds. The van der Waals surface area contributed by atoms with Crippen molar-refractivity contribution >= 4 is 61.6 Å². The molecule has 0 N–H and O–H groups in total. The fourth-order valence-electron chi connectivity index (χ4n) is 3.58. The largest absolute Gasteiger partial charge is 0.314 e. The maximum Gasteiger partial charge on any atom is 0.248 e. The van der Waals surface area contributed by atoms with E-state index >= 15 is 0 Å². The first kappa shape index (κ1) is 20.7. The van der Waals surface area contributed by atoms with Crippen LogP contribution in [-0.2, 0) is 21.1 Å². The molecular formula is C20H18Cl2N2O3S2. The summed E-state index contributed by atoms with van der Waals surface area (Å²) in [5.41, 5.74) is 1.64. The lowest BCUT2D eigenvalue weighted by Gasteiger charge is -2.25. The Hall–Kier alpha value is -1.54. The zero-order valence-corrected chi connectivity index (χ0v) is 18.4. The Balaban J connectivity index is 1.62. The van der Waals surface area contributed by atoms with Gasteiger partial charge in [-0.2, -0.15) is 4.99 Å². The third-order valence-corrected chi connectivity index (χ3v) is 8.97. The normalized spacial score (nSPS) is 24.1. The number of amides is 1. The zero-order valence-electron chi connectivity index (χ0n) is 15.3. The molecule has 0 spiro atoms. The molecule has 2 aliphatic rings. The Bertz CT molecular complexity index is 1070. The molecule has 0 radical (unpaired) electrons. The van der Waals surface area contributed by atoms with Gasteiger partial charge in [-0.1, -0.05) is 71.4 Å². The van der Waals surface area contributed by atoms with E-state index in [1.54, 1.807) is 23.1 Å². The number of fused-ring (bicyclic) bond motifs is 1. The molecule has 4 rings (SSSR count). The van der Waals surface area contributed by atoms with Crippen LogP contribution in [0.25, 0.3) is 0 Å². The predicted molar refractivity (Wildman–Crippen MR) is 120 cm³/mol. The van der Waals surface area contributed by atoms with Crippen LogP contribution in [0.15, 0.2) is 53.5 Å². The van der Waals surface area contributed by atoms with Gasteiger partial charge in [-0.15, -0.1) is 0 Å². The smallest absolute Gasteiger partial charge is 0.248 e. The van der Waals surface area contributed by atoms with Crippen molar-refractivity contribution in [2.24, 2.45) is 4.99 Å². The Labute approximate surface area is 184 Å². The number of rotatable bonds is 4. The minimum atomic E-state index is -3.15. The summed E-state index contributed by atoms with van der Waals surface area (Å²) in [7, 11) is -3.15. The molecule has 2 fully saturated rings. The summed E-state index contributed by atoms with van der Waals surface area (Å²) in [6.45, 7) is 0. The summed E-state index contributed by atoms with van der Waals surface area (Å²) in [6.07, 6.45) is 0.874. The monoisotopic (exact) mass is 468 g/mol. The highest BCUT2D eigenvalue weighted by Gasteiger charge is 2.49. The van der Waals surface area contributed by atoms with E-state index in [-0.39, 0.29) is 35.1 Å². The van der Waals surface area contributed by atoms with E-state index in [2.05, 4.69) is 4.99 Å². The quantitative estimate of drug-likeness (QED) is 0.671. The minimum absolute atomic E-state index is 0.00470. The fraction of sp³-hybridized carbons (Fsp3) is 0.300. The van der Waals surface area contributed by atoms with Gasteiger partial charge in [0.1, 0.15) is 0 Å².